The summed E-state index contributed by atoms with van der Waals surface area (Å²) in [6, 6.07) is 0. The third kappa shape index (κ3) is 3.74. The molecule has 2 fully saturated rings. The first-order valence-corrected chi connectivity index (χ1v) is 10.6. The van der Waals surface area contributed by atoms with E-state index in [0.717, 1.165) is 38.6 Å². The highest BCUT2D eigenvalue weighted by Gasteiger charge is 2.44. The van der Waals surface area contributed by atoms with Gasteiger partial charge in [-0.1, -0.05) is 13.3 Å². The van der Waals surface area contributed by atoms with Crippen molar-refractivity contribution in [2.75, 3.05) is 26.2 Å². The van der Waals surface area contributed by atoms with Crippen molar-refractivity contribution < 1.29 is 13.2 Å². The lowest BCUT2D eigenvalue weighted by Gasteiger charge is -2.47. The van der Waals surface area contributed by atoms with Crippen molar-refractivity contribution in [1.29, 1.82) is 0 Å². The number of amides is 1. The predicted octanol–water partition coefficient (Wildman–Crippen LogP) is 1.61. The summed E-state index contributed by atoms with van der Waals surface area (Å²) in [5, 5.41) is 4.00. The second-order valence-corrected chi connectivity index (χ2v) is 9.40. The topological polar surface area (TPSA) is 75.5 Å². The maximum atomic E-state index is 12.9. The third-order valence-corrected chi connectivity index (χ3v) is 7.27. The Bertz CT molecular complexity index is 730. The zero-order valence-corrected chi connectivity index (χ0v) is 16.0. The molecule has 0 bridgehead atoms. The van der Waals surface area contributed by atoms with Crippen LogP contribution in [0.25, 0.3) is 0 Å². The monoisotopic (exact) mass is 368 g/mol. The van der Waals surface area contributed by atoms with Gasteiger partial charge in [0.15, 0.2) is 0 Å². The summed E-state index contributed by atoms with van der Waals surface area (Å²) >= 11 is 0. The molecule has 1 aromatic rings. The summed E-state index contributed by atoms with van der Waals surface area (Å²) in [5.74, 6) is 0.214. The number of carbonyl (C=O) groups excluding carboxylic acids is 1. The fraction of sp³-hybridized carbons (Fsp3) is 0.765. The third-order valence-electron chi connectivity index (χ3n) is 5.48. The molecule has 7 nitrogen and oxygen atoms in total. The van der Waals surface area contributed by atoms with Gasteiger partial charge in [-0.25, -0.2) is 8.42 Å². The summed E-state index contributed by atoms with van der Waals surface area (Å²) in [7, 11) is -1.80. The molecule has 25 heavy (non-hydrogen) atoms. The number of likely N-dealkylation sites (tertiary alicyclic amines) is 1. The molecule has 3 rings (SSSR count). The van der Waals surface area contributed by atoms with Crippen LogP contribution in [-0.2, 0) is 21.9 Å². The van der Waals surface area contributed by atoms with Crippen molar-refractivity contribution in [3.05, 3.63) is 12.4 Å². The molecule has 2 aliphatic heterocycles. The van der Waals surface area contributed by atoms with E-state index in [9.17, 15) is 13.2 Å². The minimum atomic E-state index is -3.52. The maximum absolute atomic E-state index is 12.9. The van der Waals surface area contributed by atoms with Crippen LogP contribution in [0.15, 0.2) is 17.3 Å². The standard InChI is InChI=1S/C17H28N4O3S/c1-3-4-9-20-13-17(8-6-16(20)22)7-5-10-21(14-17)25(23,24)15-11-18-19(2)12-15/h11-12H,3-10,13-14H2,1-2H3. The lowest BCUT2D eigenvalue weighted by atomic mass is 9.74. The first kappa shape index (κ1) is 18.4. The Morgan fingerprint density at radius 1 is 1.28 bits per heavy atom. The minimum Gasteiger partial charge on any atom is -0.342 e. The van der Waals surface area contributed by atoms with Crippen LogP contribution in [-0.4, -0.2) is 59.5 Å². The van der Waals surface area contributed by atoms with Crippen LogP contribution in [0.4, 0.5) is 0 Å². The molecule has 0 aliphatic carbocycles. The van der Waals surface area contributed by atoms with E-state index in [4.69, 9.17) is 0 Å². The highest BCUT2D eigenvalue weighted by Crippen LogP contribution is 2.40. The maximum Gasteiger partial charge on any atom is 0.246 e. The summed E-state index contributed by atoms with van der Waals surface area (Å²) in [4.78, 5) is 14.4. The Balaban J connectivity index is 1.77. The first-order valence-electron chi connectivity index (χ1n) is 9.13. The van der Waals surface area contributed by atoms with Crippen molar-refractivity contribution in [3.63, 3.8) is 0 Å². The summed E-state index contributed by atoms with van der Waals surface area (Å²) in [5.41, 5.74) is -0.102. The van der Waals surface area contributed by atoms with Crippen LogP contribution < -0.4 is 0 Å². The average Bonchev–Trinajstić information content (AvgIpc) is 3.03. The van der Waals surface area contributed by atoms with Crippen molar-refractivity contribution in [3.8, 4) is 0 Å². The van der Waals surface area contributed by atoms with Gasteiger partial charge in [-0.15, -0.1) is 0 Å². The van der Waals surface area contributed by atoms with Gasteiger partial charge in [0.05, 0.1) is 6.20 Å². The molecular weight excluding hydrogens is 340 g/mol. The van der Waals surface area contributed by atoms with Gasteiger partial charge < -0.3 is 4.90 Å². The minimum absolute atomic E-state index is 0.102. The molecule has 2 saturated heterocycles. The quantitative estimate of drug-likeness (QED) is 0.791. The fourth-order valence-corrected chi connectivity index (χ4v) is 5.61. The number of aryl methyl sites for hydroxylation is 1. The van der Waals surface area contributed by atoms with Crippen LogP contribution in [0.1, 0.15) is 45.4 Å². The van der Waals surface area contributed by atoms with Gasteiger partial charge in [-0.3, -0.25) is 9.48 Å². The Labute approximate surface area is 150 Å². The molecule has 1 unspecified atom stereocenters. The number of carbonyl (C=O) groups is 1. The molecule has 0 saturated carbocycles. The van der Waals surface area contributed by atoms with Gasteiger partial charge in [0.25, 0.3) is 0 Å². The normalized spacial score (nSPS) is 25.7. The molecule has 0 N–H and O–H groups in total. The van der Waals surface area contributed by atoms with Crippen molar-refractivity contribution >= 4 is 15.9 Å². The largest absolute Gasteiger partial charge is 0.342 e. The van der Waals surface area contributed by atoms with E-state index in [-0.39, 0.29) is 16.2 Å². The predicted molar refractivity (Wildman–Crippen MR) is 94.4 cm³/mol. The molecule has 8 heteroatoms. The van der Waals surface area contributed by atoms with Crippen molar-refractivity contribution in [2.24, 2.45) is 12.5 Å². The van der Waals surface area contributed by atoms with Crippen LogP contribution in [0, 0.1) is 5.41 Å². The molecule has 1 atom stereocenters. The molecule has 140 valence electrons. The van der Waals surface area contributed by atoms with Crippen LogP contribution >= 0.6 is 0 Å². The lowest BCUT2D eigenvalue weighted by molar-refractivity contribution is -0.138. The van der Waals surface area contributed by atoms with Crippen LogP contribution in [0.3, 0.4) is 0 Å². The molecule has 0 radical (unpaired) electrons. The zero-order chi connectivity index (χ0) is 18.1. The Morgan fingerprint density at radius 3 is 2.76 bits per heavy atom. The zero-order valence-electron chi connectivity index (χ0n) is 15.1. The Morgan fingerprint density at radius 2 is 2.08 bits per heavy atom. The average molecular weight is 369 g/mol. The van der Waals surface area contributed by atoms with Gasteiger partial charge >= 0.3 is 0 Å². The van der Waals surface area contributed by atoms with Gasteiger partial charge in [-0.2, -0.15) is 9.40 Å². The number of unbranched alkanes of at least 4 members (excludes halogenated alkanes) is 1. The molecule has 1 spiro atoms. The van der Waals surface area contributed by atoms with Crippen LogP contribution in [0.5, 0.6) is 0 Å². The molecule has 0 aromatic carbocycles. The molecule has 1 amide bonds. The highest BCUT2D eigenvalue weighted by atomic mass is 32.2. The number of piperidine rings is 2. The second-order valence-electron chi connectivity index (χ2n) is 7.46. The molecule has 3 heterocycles. The Hall–Kier alpha value is -1.41. The van der Waals surface area contributed by atoms with Gasteiger partial charge in [0.1, 0.15) is 4.90 Å². The summed E-state index contributed by atoms with van der Waals surface area (Å²) < 4.78 is 29.0. The van der Waals surface area contributed by atoms with E-state index in [2.05, 4.69) is 12.0 Å². The number of sulfonamides is 1. The van der Waals surface area contributed by atoms with Gasteiger partial charge in [0.2, 0.25) is 15.9 Å². The molecular formula is C17H28N4O3S. The lowest BCUT2D eigenvalue weighted by Crippen LogP contribution is -2.55. The van der Waals surface area contributed by atoms with E-state index >= 15 is 0 Å². The van der Waals surface area contributed by atoms with Crippen molar-refractivity contribution in [2.45, 2.75) is 50.3 Å². The first-order chi connectivity index (χ1) is 11.9. The SMILES string of the molecule is CCCCN1CC2(CCCN(S(=O)(=O)c3cnn(C)c3)C2)CCC1=O. The van der Waals surface area contributed by atoms with Crippen molar-refractivity contribution in [1.82, 2.24) is 19.0 Å². The van der Waals surface area contributed by atoms with Gasteiger partial charge in [-0.05, 0) is 25.7 Å². The van der Waals surface area contributed by atoms with E-state index in [1.165, 1.54) is 10.9 Å². The number of hydrogen-bond acceptors (Lipinski definition) is 4. The molecule has 2 aliphatic rings. The summed E-state index contributed by atoms with van der Waals surface area (Å²) in [6.45, 7) is 4.63. The highest BCUT2D eigenvalue weighted by molar-refractivity contribution is 7.89. The van der Waals surface area contributed by atoms with Gasteiger partial charge in [0, 0.05) is 51.3 Å². The Kier molecular flexibility index (Phi) is 5.20. The second kappa shape index (κ2) is 7.07. The number of aromatic nitrogens is 2. The number of nitrogens with zero attached hydrogens (tertiary/aromatic N) is 4. The van der Waals surface area contributed by atoms with E-state index in [1.807, 2.05) is 4.90 Å². The summed E-state index contributed by atoms with van der Waals surface area (Å²) in [6.07, 6.45) is 8.16. The van der Waals surface area contributed by atoms with E-state index in [0.29, 0.717) is 26.1 Å². The van der Waals surface area contributed by atoms with E-state index in [1.54, 1.807) is 17.5 Å². The fourth-order valence-electron chi connectivity index (χ4n) is 4.04. The van der Waals surface area contributed by atoms with E-state index < -0.39 is 10.0 Å². The van der Waals surface area contributed by atoms with Crippen LogP contribution in [0.2, 0.25) is 0 Å². The molecule has 1 aromatic heterocycles. The smallest absolute Gasteiger partial charge is 0.246 e. The number of hydrogen-bond donors (Lipinski definition) is 0. The number of rotatable bonds is 5.